The first-order chi connectivity index (χ1) is 16.3. The molecule has 11 heteroatoms. The molecule has 0 aliphatic rings. The highest BCUT2D eigenvalue weighted by Gasteiger charge is 2.24. The van der Waals surface area contributed by atoms with Gasteiger partial charge in [-0.2, -0.15) is 0 Å². The average molecular weight is 487 g/mol. The molecule has 0 fully saturated rings. The van der Waals surface area contributed by atoms with Gasteiger partial charge in [0.15, 0.2) is 18.9 Å². The molecular weight excluding hydrogens is 464 g/mol. The summed E-state index contributed by atoms with van der Waals surface area (Å²) in [4.78, 5) is 52.8. The SMILES string of the molecule is CCN(C(=O)COC(=O)COc1ccc(Cl)cc1)c1c(N)n(Cc2ccccc2)c(=O)[nH]c1=O. The number of likely N-dealkylation sites (N-methyl/N-ethyl adjacent to an activating group) is 1. The van der Waals surface area contributed by atoms with E-state index in [4.69, 9.17) is 26.8 Å². The van der Waals surface area contributed by atoms with E-state index in [1.807, 2.05) is 6.07 Å². The zero-order chi connectivity index (χ0) is 24.7. The number of nitrogen functional groups attached to an aromatic ring is 1. The van der Waals surface area contributed by atoms with E-state index in [9.17, 15) is 19.2 Å². The van der Waals surface area contributed by atoms with Crippen molar-refractivity contribution >= 4 is 35.0 Å². The number of ether oxygens (including phenoxy) is 2. The maximum absolute atomic E-state index is 12.7. The van der Waals surface area contributed by atoms with Crippen LogP contribution in [0.15, 0.2) is 64.2 Å². The Morgan fingerprint density at radius 2 is 1.74 bits per heavy atom. The molecule has 0 aliphatic carbocycles. The van der Waals surface area contributed by atoms with Crippen LogP contribution in [-0.4, -0.2) is 41.2 Å². The molecule has 3 rings (SSSR count). The minimum atomic E-state index is -0.820. The molecule has 1 heterocycles. The lowest BCUT2D eigenvalue weighted by Crippen LogP contribution is -2.42. The molecule has 0 saturated heterocycles. The largest absolute Gasteiger partial charge is 0.482 e. The van der Waals surface area contributed by atoms with Gasteiger partial charge in [0.2, 0.25) is 0 Å². The first-order valence-corrected chi connectivity index (χ1v) is 10.7. The van der Waals surface area contributed by atoms with E-state index in [1.54, 1.807) is 55.5 Å². The van der Waals surface area contributed by atoms with Gasteiger partial charge in [-0.1, -0.05) is 41.9 Å². The van der Waals surface area contributed by atoms with Gasteiger partial charge in [0.05, 0.1) is 6.54 Å². The molecule has 3 N–H and O–H groups in total. The first-order valence-electron chi connectivity index (χ1n) is 10.3. The monoisotopic (exact) mass is 486 g/mol. The minimum Gasteiger partial charge on any atom is -0.482 e. The summed E-state index contributed by atoms with van der Waals surface area (Å²) in [5, 5.41) is 0.518. The lowest BCUT2D eigenvalue weighted by molar-refractivity contribution is -0.149. The summed E-state index contributed by atoms with van der Waals surface area (Å²) in [6.45, 7) is 0.695. The molecule has 0 aliphatic heterocycles. The van der Waals surface area contributed by atoms with Gasteiger partial charge in [-0.25, -0.2) is 9.59 Å². The van der Waals surface area contributed by atoms with Gasteiger partial charge in [-0.3, -0.25) is 19.1 Å². The summed E-state index contributed by atoms with van der Waals surface area (Å²) < 4.78 is 11.4. The molecular formula is C23H23ClN4O6. The lowest BCUT2D eigenvalue weighted by Gasteiger charge is -2.23. The number of carbonyl (C=O) groups is 2. The fourth-order valence-electron chi connectivity index (χ4n) is 3.16. The number of amides is 1. The predicted molar refractivity (Wildman–Crippen MR) is 127 cm³/mol. The smallest absolute Gasteiger partial charge is 0.344 e. The quantitative estimate of drug-likeness (QED) is 0.440. The number of anilines is 2. The molecule has 1 amide bonds. The molecule has 178 valence electrons. The maximum atomic E-state index is 12.7. The normalized spacial score (nSPS) is 10.5. The number of aromatic amines is 1. The van der Waals surface area contributed by atoms with Crippen LogP contribution >= 0.6 is 11.6 Å². The number of rotatable bonds is 9. The molecule has 0 saturated carbocycles. The van der Waals surface area contributed by atoms with Crippen LogP contribution in [0.4, 0.5) is 11.5 Å². The fourth-order valence-corrected chi connectivity index (χ4v) is 3.28. The van der Waals surface area contributed by atoms with E-state index >= 15 is 0 Å². The van der Waals surface area contributed by atoms with Gasteiger partial charge in [0.1, 0.15) is 11.6 Å². The Labute approximate surface area is 199 Å². The van der Waals surface area contributed by atoms with Crippen molar-refractivity contribution in [2.45, 2.75) is 13.5 Å². The summed E-state index contributed by atoms with van der Waals surface area (Å²) in [6.07, 6.45) is 0. The second kappa shape index (κ2) is 11.2. The van der Waals surface area contributed by atoms with Crippen molar-refractivity contribution in [3.63, 3.8) is 0 Å². The van der Waals surface area contributed by atoms with Crippen molar-refractivity contribution in [1.29, 1.82) is 0 Å². The third kappa shape index (κ3) is 6.04. The molecule has 3 aromatic rings. The number of nitrogens with two attached hydrogens (primary N) is 1. The van der Waals surface area contributed by atoms with Gasteiger partial charge in [0.25, 0.3) is 11.5 Å². The number of esters is 1. The predicted octanol–water partition coefficient (Wildman–Crippen LogP) is 1.80. The summed E-state index contributed by atoms with van der Waals surface area (Å²) in [6, 6.07) is 15.4. The summed E-state index contributed by atoms with van der Waals surface area (Å²) >= 11 is 5.79. The van der Waals surface area contributed by atoms with Crippen LogP contribution in [0.5, 0.6) is 5.75 Å². The standard InChI is InChI=1S/C23H23ClN4O6/c1-2-27(18(29)13-34-19(30)14-33-17-10-8-16(24)9-11-17)20-21(25)28(23(32)26-22(20)31)12-15-6-4-3-5-7-15/h3-11H,2,12-14,25H2,1H3,(H,26,31,32). The summed E-state index contributed by atoms with van der Waals surface area (Å²) in [7, 11) is 0. The maximum Gasteiger partial charge on any atom is 0.344 e. The van der Waals surface area contributed by atoms with Crippen LogP contribution in [0.25, 0.3) is 0 Å². The van der Waals surface area contributed by atoms with Crippen molar-refractivity contribution in [2.75, 3.05) is 30.4 Å². The van der Waals surface area contributed by atoms with Crippen LogP contribution in [0.1, 0.15) is 12.5 Å². The van der Waals surface area contributed by atoms with Crippen LogP contribution in [0, 0.1) is 0 Å². The Balaban J connectivity index is 1.70. The number of H-pyrrole nitrogens is 1. The highest BCUT2D eigenvalue weighted by atomic mass is 35.5. The molecule has 0 atom stereocenters. The number of nitrogens with one attached hydrogen (secondary N) is 1. The van der Waals surface area contributed by atoms with Gasteiger partial charge in [0, 0.05) is 11.6 Å². The highest BCUT2D eigenvalue weighted by Crippen LogP contribution is 2.18. The van der Waals surface area contributed by atoms with Gasteiger partial charge >= 0.3 is 11.7 Å². The van der Waals surface area contributed by atoms with Crippen LogP contribution in [0.3, 0.4) is 0 Å². The average Bonchev–Trinajstić information content (AvgIpc) is 2.83. The van der Waals surface area contributed by atoms with Gasteiger partial charge < -0.3 is 20.1 Å². The number of carbonyl (C=O) groups excluding carboxylic acids is 2. The molecule has 34 heavy (non-hydrogen) atoms. The van der Waals surface area contributed by atoms with E-state index < -0.39 is 36.3 Å². The second-order valence-corrected chi connectivity index (χ2v) is 7.54. The molecule has 0 radical (unpaired) electrons. The Morgan fingerprint density at radius 1 is 1.06 bits per heavy atom. The van der Waals surface area contributed by atoms with E-state index in [2.05, 4.69) is 4.98 Å². The Kier molecular flexibility index (Phi) is 8.10. The van der Waals surface area contributed by atoms with E-state index in [0.29, 0.717) is 10.8 Å². The van der Waals surface area contributed by atoms with Crippen molar-refractivity contribution in [1.82, 2.24) is 9.55 Å². The fraction of sp³-hybridized carbons (Fsp3) is 0.217. The Morgan fingerprint density at radius 3 is 2.38 bits per heavy atom. The molecule has 0 unspecified atom stereocenters. The lowest BCUT2D eigenvalue weighted by atomic mass is 10.2. The Bertz CT molecular complexity index is 1270. The summed E-state index contributed by atoms with van der Waals surface area (Å²) in [5.74, 6) is -1.24. The van der Waals surface area contributed by atoms with Crippen molar-refractivity contribution < 1.29 is 19.1 Å². The third-order valence-electron chi connectivity index (χ3n) is 4.81. The first kappa shape index (κ1) is 24.6. The van der Waals surface area contributed by atoms with E-state index in [-0.39, 0.29) is 24.6 Å². The van der Waals surface area contributed by atoms with Crippen molar-refractivity contribution in [3.05, 3.63) is 86.0 Å². The molecule has 1 aromatic heterocycles. The highest BCUT2D eigenvalue weighted by molar-refractivity contribution is 6.30. The number of halogens is 1. The minimum absolute atomic E-state index is 0.0501. The van der Waals surface area contributed by atoms with Crippen LogP contribution < -0.4 is 26.6 Å². The number of hydrogen-bond donors (Lipinski definition) is 2. The van der Waals surface area contributed by atoms with Crippen LogP contribution in [0.2, 0.25) is 5.02 Å². The van der Waals surface area contributed by atoms with Crippen molar-refractivity contribution in [3.8, 4) is 5.75 Å². The van der Waals surface area contributed by atoms with E-state index in [1.165, 1.54) is 0 Å². The topological polar surface area (TPSA) is 137 Å². The number of nitrogens with zero attached hydrogens (tertiary/aromatic N) is 2. The number of aromatic nitrogens is 2. The molecule has 0 spiro atoms. The zero-order valence-corrected chi connectivity index (χ0v) is 19.1. The van der Waals surface area contributed by atoms with Crippen molar-refractivity contribution in [2.24, 2.45) is 0 Å². The molecule has 10 nitrogen and oxygen atoms in total. The van der Waals surface area contributed by atoms with Gasteiger partial charge in [-0.05, 0) is 36.8 Å². The molecule has 2 aromatic carbocycles. The van der Waals surface area contributed by atoms with Gasteiger partial charge in [-0.15, -0.1) is 0 Å². The van der Waals surface area contributed by atoms with E-state index in [0.717, 1.165) is 15.0 Å². The second-order valence-electron chi connectivity index (χ2n) is 7.11. The van der Waals surface area contributed by atoms with Crippen LogP contribution in [-0.2, 0) is 20.9 Å². The number of benzene rings is 2. The third-order valence-corrected chi connectivity index (χ3v) is 5.06. The molecule has 0 bridgehead atoms. The zero-order valence-electron chi connectivity index (χ0n) is 18.3. The summed E-state index contributed by atoms with van der Waals surface area (Å²) in [5.41, 5.74) is 5.19. The number of hydrogen-bond acceptors (Lipinski definition) is 7. The Hall–Kier alpha value is -4.05.